The van der Waals surface area contributed by atoms with Crippen LogP contribution in [0.25, 0.3) is 16.9 Å². The third-order valence-corrected chi connectivity index (χ3v) is 5.44. The van der Waals surface area contributed by atoms with Gasteiger partial charge in [0.05, 0.1) is 18.4 Å². The van der Waals surface area contributed by atoms with Crippen LogP contribution >= 0.6 is 0 Å². The third kappa shape index (κ3) is 4.03. The van der Waals surface area contributed by atoms with Crippen molar-refractivity contribution in [2.45, 2.75) is 6.92 Å². The first-order chi connectivity index (χ1) is 14.2. The smallest absolute Gasteiger partial charge is 0.257 e. The first-order valence-corrected chi connectivity index (χ1v) is 10.0. The second kappa shape index (κ2) is 8.49. The van der Waals surface area contributed by atoms with Crippen LogP contribution in [0.2, 0.25) is 0 Å². The van der Waals surface area contributed by atoms with Gasteiger partial charge in [0, 0.05) is 37.9 Å². The number of likely N-dealkylation sites (N-methyl/N-ethyl adjacent to an activating group) is 1. The number of piperazine rings is 1. The minimum absolute atomic E-state index is 0.0359. The molecule has 1 aliphatic heterocycles. The van der Waals surface area contributed by atoms with Gasteiger partial charge in [0.25, 0.3) is 5.91 Å². The molecule has 0 atom stereocenters. The van der Waals surface area contributed by atoms with E-state index in [2.05, 4.69) is 11.8 Å². The minimum atomic E-state index is 0.0359. The highest BCUT2D eigenvalue weighted by molar-refractivity contribution is 6.00. The molecule has 0 bridgehead atoms. The number of carbonyl (C=O) groups is 1. The van der Waals surface area contributed by atoms with Gasteiger partial charge in [-0.25, -0.2) is 4.68 Å². The van der Waals surface area contributed by atoms with E-state index in [9.17, 15) is 4.79 Å². The maximum atomic E-state index is 13.4. The number of para-hydroxylation sites is 1. The highest BCUT2D eigenvalue weighted by atomic mass is 16.5. The Morgan fingerprint density at radius 3 is 2.31 bits per heavy atom. The molecule has 150 valence electrons. The number of nitrogens with zero attached hydrogens (tertiary/aromatic N) is 4. The highest BCUT2D eigenvalue weighted by Crippen LogP contribution is 2.27. The minimum Gasteiger partial charge on any atom is -0.497 e. The molecule has 1 fully saturated rings. The number of hydrogen-bond acceptors (Lipinski definition) is 4. The summed E-state index contributed by atoms with van der Waals surface area (Å²) in [5.41, 5.74) is 3.15. The van der Waals surface area contributed by atoms with Gasteiger partial charge in [-0.1, -0.05) is 25.1 Å². The fraction of sp³-hybridized carbons (Fsp3) is 0.304. The lowest BCUT2D eigenvalue weighted by Gasteiger charge is -2.34. The van der Waals surface area contributed by atoms with Crippen molar-refractivity contribution in [1.82, 2.24) is 19.6 Å². The zero-order chi connectivity index (χ0) is 20.2. The number of ether oxygens (including phenoxy) is 1. The van der Waals surface area contributed by atoms with Crippen molar-refractivity contribution in [3.63, 3.8) is 0 Å². The van der Waals surface area contributed by atoms with Crippen molar-refractivity contribution >= 4 is 5.91 Å². The summed E-state index contributed by atoms with van der Waals surface area (Å²) in [6.07, 6.45) is 1.85. The Balaban J connectivity index is 1.70. The van der Waals surface area contributed by atoms with Gasteiger partial charge >= 0.3 is 0 Å². The summed E-state index contributed by atoms with van der Waals surface area (Å²) in [4.78, 5) is 17.7. The summed E-state index contributed by atoms with van der Waals surface area (Å²) in [7, 11) is 1.64. The van der Waals surface area contributed by atoms with Gasteiger partial charge in [0.1, 0.15) is 11.4 Å². The quantitative estimate of drug-likeness (QED) is 0.671. The summed E-state index contributed by atoms with van der Waals surface area (Å²) in [5.74, 6) is 0.813. The molecule has 1 saturated heterocycles. The van der Waals surface area contributed by atoms with E-state index in [0.29, 0.717) is 11.3 Å². The molecule has 2 heterocycles. The van der Waals surface area contributed by atoms with Crippen molar-refractivity contribution in [3.8, 4) is 22.7 Å². The van der Waals surface area contributed by atoms with Crippen LogP contribution in [0.4, 0.5) is 0 Å². The summed E-state index contributed by atoms with van der Waals surface area (Å²) in [6, 6.07) is 17.6. The molecule has 0 spiro atoms. The molecule has 0 N–H and O–H groups in total. The predicted octanol–water partition coefficient (Wildman–Crippen LogP) is 3.33. The normalized spacial score (nSPS) is 14.8. The lowest BCUT2D eigenvalue weighted by molar-refractivity contribution is 0.0644. The number of aromatic nitrogens is 2. The van der Waals surface area contributed by atoms with E-state index < -0.39 is 0 Å². The molecule has 0 unspecified atom stereocenters. The second-order valence-corrected chi connectivity index (χ2v) is 7.13. The molecule has 6 heteroatoms. The summed E-state index contributed by atoms with van der Waals surface area (Å²) >= 11 is 0. The van der Waals surface area contributed by atoms with Gasteiger partial charge < -0.3 is 14.5 Å². The van der Waals surface area contributed by atoms with Crippen LogP contribution in [0.15, 0.2) is 60.8 Å². The zero-order valence-corrected chi connectivity index (χ0v) is 16.9. The first kappa shape index (κ1) is 19.2. The standard InChI is InChI=1S/C23H26N4O2/c1-3-25-13-15-26(16-14-25)23(28)21-17-27(19-7-5-4-6-8-19)24-22(21)18-9-11-20(29-2)12-10-18/h4-12,17H,3,13-16H2,1-2H3. The van der Waals surface area contributed by atoms with Crippen molar-refractivity contribution in [2.75, 3.05) is 39.8 Å². The molecule has 1 aliphatic rings. The summed E-state index contributed by atoms with van der Waals surface area (Å²) in [5, 5.41) is 4.77. The fourth-order valence-corrected chi connectivity index (χ4v) is 3.64. The van der Waals surface area contributed by atoms with E-state index in [0.717, 1.165) is 49.7 Å². The van der Waals surface area contributed by atoms with Crippen LogP contribution in [0.1, 0.15) is 17.3 Å². The molecule has 1 amide bonds. The number of amides is 1. The average molecular weight is 390 g/mol. The Labute approximate surface area is 171 Å². The molecular formula is C23H26N4O2. The van der Waals surface area contributed by atoms with E-state index >= 15 is 0 Å². The van der Waals surface area contributed by atoms with E-state index in [-0.39, 0.29) is 5.91 Å². The van der Waals surface area contributed by atoms with Gasteiger partial charge in [-0.3, -0.25) is 4.79 Å². The molecule has 2 aromatic carbocycles. The van der Waals surface area contributed by atoms with Crippen LogP contribution in [0.3, 0.4) is 0 Å². The topological polar surface area (TPSA) is 50.6 Å². The third-order valence-electron chi connectivity index (χ3n) is 5.44. The fourth-order valence-electron chi connectivity index (χ4n) is 3.64. The highest BCUT2D eigenvalue weighted by Gasteiger charge is 2.26. The van der Waals surface area contributed by atoms with Crippen molar-refractivity contribution in [3.05, 3.63) is 66.4 Å². The van der Waals surface area contributed by atoms with Gasteiger partial charge in [0.15, 0.2) is 0 Å². The van der Waals surface area contributed by atoms with Crippen molar-refractivity contribution < 1.29 is 9.53 Å². The molecule has 0 aliphatic carbocycles. The molecule has 3 aromatic rings. The SMILES string of the molecule is CCN1CCN(C(=O)c2cn(-c3ccccc3)nc2-c2ccc(OC)cc2)CC1. The first-order valence-electron chi connectivity index (χ1n) is 10.0. The lowest BCUT2D eigenvalue weighted by atomic mass is 10.1. The van der Waals surface area contributed by atoms with E-state index in [1.165, 1.54) is 0 Å². The molecule has 1 aromatic heterocycles. The van der Waals surface area contributed by atoms with Gasteiger partial charge in [0.2, 0.25) is 0 Å². The monoisotopic (exact) mass is 390 g/mol. The Hall–Kier alpha value is -3.12. The second-order valence-electron chi connectivity index (χ2n) is 7.13. The Morgan fingerprint density at radius 1 is 1.00 bits per heavy atom. The number of carbonyl (C=O) groups excluding carboxylic acids is 1. The number of hydrogen-bond donors (Lipinski definition) is 0. The lowest BCUT2D eigenvalue weighted by Crippen LogP contribution is -2.48. The Kier molecular flexibility index (Phi) is 5.62. The average Bonchev–Trinajstić information content (AvgIpc) is 3.25. The van der Waals surface area contributed by atoms with Crippen molar-refractivity contribution in [2.24, 2.45) is 0 Å². The number of rotatable bonds is 5. The van der Waals surface area contributed by atoms with E-state index in [4.69, 9.17) is 9.84 Å². The van der Waals surface area contributed by atoms with Gasteiger partial charge in [-0.2, -0.15) is 5.10 Å². The van der Waals surface area contributed by atoms with Crippen molar-refractivity contribution in [1.29, 1.82) is 0 Å². The van der Waals surface area contributed by atoms with Crippen LogP contribution in [-0.4, -0.2) is 65.3 Å². The van der Waals surface area contributed by atoms with Gasteiger partial charge in [-0.15, -0.1) is 0 Å². The van der Waals surface area contributed by atoms with E-state index in [1.807, 2.05) is 65.7 Å². The predicted molar refractivity (Wildman–Crippen MR) is 114 cm³/mol. The van der Waals surface area contributed by atoms with Crippen LogP contribution in [-0.2, 0) is 0 Å². The molecule has 0 saturated carbocycles. The number of benzene rings is 2. The summed E-state index contributed by atoms with van der Waals surface area (Å²) in [6.45, 7) is 6.48. The summed E-state index contributed by atoms with van der Waals surface area (Å²) < 4.78 is 7.05. The maximum absolute atomic E-state index is 13.4. The number of methoxy groups -OCH3 is 1. The van der Waals surface area contributed by atoms with E-state index in [1.54, 1.807) is 11.8 Å². The Morgan fingerprint density at radius 2 is 1.69 bits per heavy atom. The van der Waals surface area contributed by atoms with Crippen LogP contribution < -0.4 is 4.74 Å². The largest absolute Gasteiger partial charge is 0.497 e. The van der Waals surface area contributed by atoms with Crippen LogP contribution in [0.5, 0.6) is 5.75 Å². The Bertz CT molecular complexity index is 958. The molecule has 0 radical (unpaired) electrons. The van der Waals surface area contributed by atoms with Gasteiger partial charge in [-0.05, 0) is 42.9 Å². The molecular weight excluding hydrogens is 364 g/mol. The van der Waals surface area contributed by atoms with Crippen LogP contribution in [0, 0.1) is 0 Å². The zero-order valence-electron chi connectivity index (χ0n) is 16.9. The molecule has 29 heavy (non-hydrogen) atoms. The molecule has 6 nitrogen and oxygen atoms in total. The molecule has 4 rings (SSSR count). The maximum Gasteiger partial charge on any atom is 0.257 e.